The minimum Gasteiger partial charge on any atom is -0.494 e. The number of halogens is 1. The average Bonchev–Trinajstić information content (AvgIpc) is 3.09. The third kappa shape index (κ3) is 3.87. The Morgan fingerprint density at radius 3 is 2.82 bits per heavy atom. The summed E-state index contributed by atoms with van der Waals surface area (Å²) in [6.07, 6.45) is 0. The number of fused-ring (bicyclic) bond motifs is 1. The second kappa shape index (κ2) is 8.02. The van der Waals surface area contributed by atoms with Gasteiger partial charge in [0, 0.05) is 13.1 Å². The van der Waals surface area contributed by atoms with Gasteiger partial charge in [0.15, 0.2) is 5.13 Å². The van der Waals surface area contributed by atoms with Crippen LogP contribution in [0.5, 0.6) is 11.5 Å². The molecule has 1 aliphatic heterocycles. The Labute approximate surface area is 165 Å². The molecule has 28 heavy (non-hydrogen) atoms. The van der Waals surface area contributed by atoms with Crippen molar-refractivity contribution in [2.24, 2.45) is 5.92 Å². The number of aromatic nitrogens is 1. The Kier molecular flexibility index (Phi) is 5.29. The van der Waals surface area contributed by atoms with Crippen molar-refractivity contribution < 1.29 is 18.7 Å². The summed E-state index contributed by atoms with van der Waals surface area (Å²) in [4.78, 5) is 19.0. The molecule has 1 fully saturated rings. The first kappa shape index (κ1) is 18.5. The van der Waals surface area contributed by atoms with Gasteiger partial charge in [-0.1, -0.05) is 17.4 Å². The maximum absolute atomic E-state index is 12.8. The molecule has 4 rings (SSSR count). The highest BCUT2D eigenvalue weighted by molar-refractivity contribution is 7.22. The number of carbonyl (C=O) groups is 1. The molecule has 0 unspecified atom stereocenters. The third-order valence-electron chi connectivity index (χ3n) is 4.60. The van der Waals surface area contributed by atoms with E-state index in [4.69, 9.17) is 9.47 Å². The van der Waals surface area contributed by atoms with Crippen LogP contribution in [0.4, 0.5) is 9.52 Å². The maximum atomic E-state index is 12.8. The zero-order chi connectivity index (χ0) is 19.5. The van der Waals surface area contributed by atoms with Gasteiger partial charge in [0.05, 0.1) is 24.3 Å². The van der Waals surface area contributed by atoms with Crippen molar-refractivity contribution in [1.82, 2.24) is 10.3 Å². The first-order chi connectivity index (χ1) is 13.6. The monoisotopic (exact) mass is 401 g/mol. The predicted octanol–water partition coefficient (Wildman–Crippen LogP) is 3.08. The van der Waals surface area contributed by atoms with Crippen molar-refractivity contribution in [2.45, 2.75) is 0 Å². The highest BCUT2D eigenvalue weighted by Crippen LogP contribution is 2.36. The van der Waals surface area contributed by atoms with Gasteiger partial charge in [0.1, 0.15) is 29.4 Å². The number of nitrogens with one attached hydrogen (secondary N) is 1. The van der Waals surface area contributed by atoms with Crippen LogP contribution in [-0.4, -0.2) is 44.2 Å². The Bertz CT molecular complexity index is 970. The highest BCUT2D eigenvalue weighted by Gasteiger charge is 2.34. The molecule has 2 aromatic carbocycles. The predicted molar refractivity (Wildman–Crippen MR) is 107 cm³/mol. The number of rotatable bonds is 7. The molecular weight excluding hydrogens is 381 g/mol. The first-order valence-corrected chi connectivity index (χ1v) is 9.80. The molecule has 1 amide bonds. The number of benzene rings is 2. The van der Waals surface area contributed by atoms with Crippen molar-refractivity contribution >= 4 is 32.6 Å². The smallest absolute Gasteiger partial charge is 0.226 e. The second-order valence-electron chi connectivity index (χ2n) is 6.50. The van der Waals surface area contributed by atoms with Crippen LogP contribution in [0.15, 0.2) is 42.5 Å². The van der Waals surface area contributed by atoms with Crippen LogP contribution < -0.4 is 19.7 Å². The molecule has 1 aromatic heterocycles. The lowest BCUT2D eigenvalue weighted by molar-refractivity contribution is -0.125. The van der Waals surface area contributed by atoms with E-state index in [1.165, 1.54) is 12.1 Å². The molecule has 0 radical (unpaired) electrons. The molecule has 2 heterocycles. The first-order valence-electron chi connectivity index (χ1n) is 8.98. The number of hydrogen-bond donors (Lipinski definition) is 1. The maximum Gasteiger partial charge on any atom is 0.226 e. The van der Waals surface area contributed by atoms with Gasteiger partial charge in [0.2, 0.25) is 5.91 Å². The summed E-state index contributed by atoms with van der Waals surface area (Å²) in [7, 11) is 1.64. The fourth-order valence-electron chi connectivity index (χ4n) is 3.03. The van der Waals surface area contributed by atoms with Gasteiger partial charge in [-0.05, 0) is 36.4 Å². The lowest BCUT2D eigenvalue weighted by Gasteiger charge is -2.37. The average molecular weight is 401 g/mol. The lowest BCUT2D eigenvalue weighted by atomic mass is 10.0. The molecule has 0 aliphatic carbocycles. The minimum absolute atomic E-state index is 0.0117. The van der Waals surface area contributed by atoms with Crippen molar-refractivity contribution in [3.63, 3.8) is 0 Å². The number of anilines is 1. The molecule has 3 aromatic rings. The minimum atomic E-state index is -0.304. The van der Waals surface area contributed by atoms with Crippen LogP contribution in [0.25, 0.3) is 10.2 Å². The number of para-hydroxylation sites is 1. The van der Waals surface area contributed by atoms with Gasteiger partial charge >= 0.3 is 0 Å². The lowest BCUT2D eigenvalue weighted by Crippen LogP contribution is -2.54. The van der Waals surface area contributed by atoms with E-state index in [9.17, 15) is 9.18 Å². The van der Waals surface area contributed by atoms with Crippen molar-refractivity contribution in [3.8, 4) is 11.5 Å². The summed E-state index contributed by atoms with van der Waals surface area (Å²) in [5, 5.41) is 3.79. The van der Waals surface area contributed by atoms with Crippen LogP contribution in [0, 0.1) is 11.7 Å². The molecular formula is C20H20FN3O3S. The van der Waals surface area contributed by atoms with Gasteiger partial charge < -0.3 is 19.7 Å². The van der Waals surface area contributed by atoms with E-state index >= 15 is 0 Å². The van der Waals surface area contributed by atoms with E-state index in [0.717, 1.165) is 21.1 Å². The highest BCUT2D eigenvalue weighted by atomic mass is 32.1. The van der Waals surface area contributed by atoms with Crippen LogP contribution >= 0.6 is 11.3 Å². The third-order valence-corrected chi connectivity index (χ3v) is 5.68. The van der Waals surface area contributed by atoms with E-state index in [1.807, 2.05) is 18.2 Å². The molecule has 1 aliphatic rings. The topological polar surface area (TPSA) is 63.7 Å². The number of nitrogens with zero attached hydrogens (tertiary/aromatic N) is 2. The molecule has 146 valence electrons. The normalized spacial score (nSPS) is 14.0. The second-order valence-corrected chi connectivity index (χ2v) is 7.51. The van der Waals surface area contributed by atoms with Gasteiger partial charge in [-0.25, -0.2) is 9.37 Å². The zero-order valence-electron chi connectivity index (χ0n) is 15.4. The van der Waals surface area contributed by atoms with Crippen LogP contribution in [0.3, 0.4) is 0 Å². The molecule has 0 saturated carbocycles. The number of carbonyl (C=O) groups excluding carboxylic acids is 1. The molecule has 0 bridgehead atoms. The molecule has 0 atom stereocenters. The molecule has 8 heteroatoms. The van der Waals surface area contributed by atoms with Crippen molar-refractivity contribution in [2.75, 3.05) is 38.3 Å². The summed E-state index contributed by atoms with van der Waals surface area (Å²) in [6, 6.07) is 11.7. The fraction of sp³-hybridized carbons (Fsp3) is 0.300. The molecule has 1 N–H and O–H groups in total. The Balaban J connectivity index is 1.23. The molecule has 0 spiro atoms. The number of amides is 1. The number of hydrogen-bond acceptors (Lipinski definition) is 6. The van der Waals surface area contributed by atoms with E-state index in [2.05, 4.69) is 15.2 Å². The SMILES string of the molecule is COc1cccc2sc(N3CC(C(=O)NCCOc4ccc(F)cc4)C3)nc12. The van der Waals surface area contributed by atoms with Gasteiger partial charge in [0.25, 0.3) is 0 Å². The summed E-state index contributed by atoms with van der Waals surface area (Å²) in [6.45, 7) is 2.04. The van der Waals surface area contributed by atoms with Crippen LogP contribution in [-0.2, 0) is 4.79 Å². The van der Waals surface area contributed by atoms with Crippen LogP contribution in [0.2, 0.25) is 0 Å². The number of methoxy groups -OCH3 is 1. The van der Waals surface area contributed by atoms with Gasteiger partial charge in [-0.3, -0.25) is 4.79 Å². The molecule has 6 nitrogen and oxygen atoms in total. The van der Waals surface area contributed by atoms with E-state index in [1.54, 1.807) is 30.6 Å². The van der Waals surface area contributed by atoms with Crippen LogP contribution in [0.1, 0.15) is 0 Å². The number of thiazole rings is 1. The van der Waals surface area contributed by atoms with Gasteiger partial charge in [-0.2, -0.15) is 0 Å². The largest absolute Gasteiger partial charge is 0.494 e. The van der Waals surface area contributed by atoms with Crippen molar-refractivity contribution in [1.29, 1.82) is 0 Å². The standard InChI is InChI=1S/C20H20FN3O3S/c1-26-16-3-2-4-17-18(16)23-20(28-17)24-11-13(12-24)19(25)22-9-10-27-15-7-5-14(21)6-8-15/h2-8,13H,9-12H2,1H3,(H,22,25). The number of ether oxygens (including phenoxy) is 2. The summed E-state index contributed by atoms with van der Waals surface area (Å²) in [5.41, 5.74) is 0.857. The summed E-state index contributed by atoms with van der Waals surface area (Å²) < 4.78 is 24.7. The van der Waals surface area contributed by atoms with E-state index in [-0.39, 0.29) is 17.6 Å². The van der Waals surface area contributed by atoms with E-state index < -0.39 is 0 Å². The molecule has 1 saturated heterocycles. The van der Waals surface area contributed by atoms with E-state index in [0.29, 0.717) is 32.0 Å². The van der Waals surface area contributed by atoms with Crippen molar-refractivity contribution in [3.05, 3.63) is 48.3 Å². The Hall–Kier alpha value is -2.87. The summed E-state index contributed by atoms with van der Waals surface area (Å²) >= 11 is 1.60. The fourth-order valence-corrected chi connectivity index (χ4v) is 4.03. The quantitative estimate of drug-likeness (QED) is 0.617. The summed E-state index contributed by atoms with van der Waals surface area (Å²) in [5.74, 6) is 0.992. The Morgan fingerprint density at radius 2 is 2.07 bits per heavy atom. The van der Waals surface area contributed by atoms with Gasteiger partial charge in [-0.15, -0.1) is 0 Å². The Morgan fingerprint density at radius 1 is 1.29 bits per heavy atom. The zero-order valence-corrected chi connectivity index (χ0v) is 16.2.